The summed E-state index contributed by atoms with van der Waals surface area (Å²) in [4.78, 5) is 4.38. The van der Waals surface area contributed by atoms with Gasteiger partial charge in [0, 0.05) is 5.56 Å². The number of ether oxygens (including phenoxy) is 1. The van der Waals surface area contributed by atoms with Gasteiger partial charge in [0.2, 0.25) is 5.89 Å². The highest BCUT2D eigenvalue weighted by molar-refractivity contribution is 5.34. The predicted octanol–water partition coefficient (Wildman–Crippen LogP) is 2.08. The maximum atomic E-state index is 6.05. The van der Waals surface area contributed by atoms with Crippen molar-refractivity contribution in [3.8, 4) is 5.75 Å². The van der Waals surface area contributed by atoms with Gasteiger partial charge in [0.1, 0.15) is 5.75 Å². The Labute approximate surface area is 111 Å². The van der Waals surface area contributed by atoms with Crippen LogP contribution in [0.25, 0.3) is 0 Å². The molecule has 2 N–H and O–H groups in total. The molecule has 0 saturated heterocycles. The molecule has 1 atom stereocenters. The minimum atomic E-state index is -0.0878. The standard InChI is InChI=1S/C14H17N3O2/c1-18-11-5-3-2-4-10(11)8-12-16-14(17-19-12)13(15)9-6-7-9/h2-5,9,13H,6-8,15H2,1H3. The number of nitrogens with zero attached hydrogens (tertiary/aromatic N) is 2. The molecule has 1 aromatic heterocycles. The first-order valence-electron chi connectivity index (χ1n) is 6.48. The summed E-state index contributed by atoms with van der Waals surface area (Å²) < 4.78 is 10.6. The molecule has 1 aromatic carbocycles. The van der Waals surface area contributed by atoms with Crippen molar-refractivity contribution < 1.29 is 9.26 Å². The first-order valence-corrected chi connectivity index (χ1v) is 6.48. The van der Waals surface area contributed by atoms with E-state index in [-0.39, 0.29) is 6.04 Å². The lowest BCUT2D eigenvalue weighted by molar-refractivity contribution is 0.369. The Bertz CT molecular complexity index is 563. The summed E-state index contributed by atoms with van der Waals surface area (Å²) in [5.41, 5.74) is 7.08. The number of hydrogen-bond acceptors (Lipinski definition) is 5. The second kappa shape index (κ2) is 5.01. The number of methoxy groups -OCH3 is 1. The van der Waals surface area contributed by atoms with Gasteiger partial charge in [-0.2, -0.15) is 4.98 Å². The van der Waals surface area contributed by atoms with Crippen LogP contribution in [0.2, 0.25) is 0 Å². The van der Waals surface area contributed by atoms with Crippen LogP contribution in [0.3, 0.4) is 0 Å². The SMILES string of the molecule is COc1ccccc1Cc1nc(C(N)C2CC2)no1. The second-order valence-electron chi connectivity index (χ2n) is 4.90. The molecule has 1 aliphatic rings. The summed E-state index contributed by atoms with van der Waals surface area (Å²) >= 11 is 0. The van der Waals surface area contributed by atoms with E-state index in [1.807, 2.05) is 24.3 Å². The average molecular weight is 259 g/mol. The van der Waals surface area contributed by atoms with E-state index in [0.717, 1.165) is 24.2 Å². The predicted molar refractivity (Wildman–Crippen MR) is 69.8 cm³/mol. The molecular weight excluding hydrogens is 242 g/mol. The Morgan fingerprint density at radius 1 is 1.42 bits per heavy atom. The quantitative estimate of drug-likeness (QED) is 0.889. The molecule has 3 rings (SSSR count). The molecule has 5 heteroatoms. The van der Waals surface area contributed by atoms with Crippen LogP contribution < -0.4 is 10.5 Å². The van der Waals surface area contributed by atoms with Crippen molar-refractivity contribution in [3.63, 3.8) is 0 Å². The lowest BCUT2D eigenvalue weighted by Gasteiger charge is -2.05. The Morgan fingerprint density at radius 2 is 2.21 bits per heavy atom. The molecule has 1 heterocycles. The van der Waals surface area contributed by atoms with Gasteiger partial charge in [-0.1, -0.05) is 23.4 Å². The van der Waals surface area contributed by atoms with Crippen LogP contribution >= 0.6 is 0 Å². The highest BCUT2D eigenvalue weighted by Gasteiger charge is 2.32. The average Bonchev–Trinajstić information content (AvgIpc) is 3.19. The van der Waals surface area contributed by atoms with Crippen LogP contribution in [-0.4, -0.2) is 17.3 Å². The summed E-state index contributed by atoms with van der Waals surface area (Å²) in [6.45, 7) is 0. The Balaban J connectivity index is 1.76. The molecule has 0 aliphatic heterocycles. The number of rotatable bonds is 5. The lowest BCUT2D eigenvalue weighted by Crippen LogP contribution is -2.14. The molecule has 100 valence electrons. The zero-order valence-electron chi connectivity index (χ0n) is 10.9. The van der Waals surface area contributed by atoms with E-state index in [9.17, 15) is 0 Å². The summed E-state index contributed by atoms with van der Waals surface area (Å²) in [5, 5.41) is 3.98. The zero-order chi connectivity index (χ0) is 13.2. The smallest absolute Gasteiger partial charge is 0.231 e. The minimum Gasteiger partial charge on any atom is -0.496 e. The first kappa shape index (κ1) is 12.2. The van der Waals surface area contributed by atoms with E-state index >= 15 is 0 Å². The van der Waals surface area contributed by atoms with E-state index in [1.165, 1.54) is 0 Å². The maximum Gasteiger partial charge on any atom is 0.231 e. The van der Waals surface area contributed by atoms with E-state index in [0.29, 0.717) is 24.1 Å². The van der Waals surface area contributed by atoms with Gasteiger partial charge >= 0.3 is 0 Å². The van der Waals surface area contributed by atoms with Gasteiger partial charge in [-0.3, -0.25) is 0 Å². The Kier molecular flexibility index (Phi) is 3.21. The van der Waals surface area contributed by atoms with E-state index in [4.69, 9.17) is 15.0 Å². The molecule has 0 amide bonds. The molecule has 0 bridgehead atoms. The third kappa shape index (κ3) is 2.61. The third-order valence-corrected chi connectivity index (χ3v) is 3.45. The van der Waals surface area contributed by atoms with Gasteiger partial charge in [0.15, 0.2) is 5.82 Å². The van der Waals surface area contributed by atoms with Crippen LogP contribution in [-0.2, 0) is 6.42 Å². The van der Waals surface area contributed by atoms with Crippen LogP contribution in [0.1, 0.15) is 36.2 Å². The fourth-order valence-electron chi connectivity index (χ4n) is 2.15. The van der Waals surface area contributed by atoms with E-state index < -0.39 is 0 Å². The number of hydrogen-bond donors (Lipinski definition) is 1. The molecule has 1 saturated carbocycles. The lowest BCUT2D eigenvalue weighted by atomic mass is 10.1. The van der Waals surface area contributed by atoms with Crippen molar-refractivity contribution in [3.05, 3.63) is 41.5 Å². The molecule has 1 aliphatic carbocycles. The monoisotopic (exact) mass is 259 g/mol. The second-order valence-corrected chi connectivity index (χ2v) is 4.90. The molecule has 1 unspecified atom stereocenters. The summed E-state index contributed by atoms with van der Waals surface area (Å²) in [5.74, 6) is 2.55. The van der Waals surface area contributed by atoms with Gasteiger partial charge < -0.3 is 15.0 Å². The summed E-state index contributed by atoms with van der Waals surface area (Å²) in [6, 6.07) is 7.72. The van der Waals surface area contributed by atoms with Crippen molar-refractivity contribution >= 4 is 0 Å². The van der Waals surface area contributed by atoms with Gasteiger partial charge in [-0.15, -0.1) is 0 Å². The fraction of sp³-hybridized carbons (Fsp3) is 0.429. The zero-order valence-corrected chi connectivity index (χ0v) is 10.9. The fourth-order valence-corrected chi connectivity index (χ4v) is 2.15. The van der Waals surface area contributed by atoms with E-state index in [1.54, 1.807) is 7.11 Å². The molecular formula is C14H17N3O2. The van der Waals surface area contributed by atoms with Crippen molar-refractivity contribution in [1.29, 1.82) is 0 Å². The summed E-state index contributed by atoms with van der Waals surface area (Å²) in [7, 11) is 1.65. The van der Waals surface area contributed by atoms with Crippen LogP contribution in [0.4, 0.5) is 0 Å². The molecule has 2 aromatic rings. The molecule has 0 spiro atoms. The number of para-hydroxylation sites is 1. The largest absolute Gasteiger partial charge is 0.496 e. The number of nitrogens with two attached hydrogens (primary N) is 1. The van der Waals surface area contributed by atoms with Crippen LogP contribution in [0, 0.1) is 5.92 Å². The topological polar surface area (TPSA) is 74.2 Å². The van der Waals surface area contributed by atoms with Gasteiger partial charge in [-0.25, -0.2) is 0 Å². The highest BCUT2D eigenvalue weighted by atomic mass is 16.5. The van der Waals surface area contributed by atoms with Crippen molar-refractivity contribution in [2.45, 2.75) is 25.3 Å². The first-order chi connectivity index (χ1) is 9.28. The Hall–Kier alpha value is -1.88. The van der Waals surface area contributed by atoms with Gasteiger partial charge in [0.05, 0.1) is 19.6 Å². The summed E-state index contributed by atoms with van der Waals surface area (Å²) in [6.07, 6.45) is 2.89. The third-order valence-electron chi connectivity index (χ3n) is 3.45. The van der Waals surface area contributed by atoms with Crippen molar-refractivity contribution in [1.82, 2.24) is 10.1 Å². The number of aromatic nitrogens is 2. The normalized spacial score (nSPS) is 16.3. The number of benzene rings is 1. The maximum absolute atomic E-state index is 6.05. The Morgan fingerprint density at radius 3 is 2.95 bits per heavy atom. The van der Waals surface area contributed by atoms with Crippen molar-refractivity contribution in [2.75, 3.05) is 7.11 Å². The molecule has 0 radical (unpaired) electrons. The van der Waals surface area contributed by atoms with Crippen LogP contribution in [0.5, 0.6) is 5.75 Å². The molecule has 5 nitrogen and oxygen atoms in total. The van der Waals surface area contributed by atoms with E-state index in [2.05, 4.69) is 10.1 Å². The minimum absolute atomic E-state index is 0.0878. The molecule has 19 heavy (non-hydrogen) atoms. The molecule has 1 fully saturated rings. The van der Waals surface area contributed by atoms with Gasteiger partial charge in [-0.05, 0) is 24.8 Å². The van der Waals surface area contributed by atoms with Gasteiger partial charge in [0.25, 0.3) is 0 Å². The van der Waals surface area contributed by atoms with Crippen molar-refractivity contribution in [2.24, 2.45) is 11.7 Å². The van der Waals surface area contributed by atoms with Crippen LogP contribution in [0.15, 0.2) is 28.8 Å². The highest BCUT2D eigenvalue weighted by Crippen LogP contribution is 2.38.